The van der Waals surface area contributed by atoms with Crippen molar-refractivity contribution in [3.8, 4) is 61.7 Å². The van der Waals surface area contributed by atoms with Crippen molar-refractivity contribution >= 4 is 0 Å². The van der Waals surface area contributed by atoms with Crippen molar-refractivity contribution in [1.82, 2.24) is 0 Å². The van der Waals surface area contributed by atoms with Crippen LogP contribution in [0.4, 0.5) is 0 Å². The summed E-state index contributed by atoms with van der Waals surface area (Å²) in [4.78, 5) is 0. The lowest BCUT2D eigenvalue weighted by Gasteiger charge is -2.76. The van der Waals surface area contributed by atoms with Crippen molar-refractivity contribution in [1.29, 1.82) is 0 Å². The SMILES string of the molecule is C#CC12CC3CC(C#C)(C1)CC(C14CC5(C#C)CC(C#C)(CC(C#C)(C5)C1)C4)(C3)C2. The average Bonchev–Trinajstić information content (AvgIpc) is 2.72. The fraction of sp³-hybridized carbons (Fsp3) is 0.667. The van der Waals surface area contributed by atoms with Crippen molar-refractivity contribution in [3.63, 3.8) is 0 Å². The summed E-state index contributed by atoms with van der Waals surface area (Å²) in [5.74, 6) is 17.0. The molecule has 2 atom stereocenters. The molecule has 0 aromatic heterocycles. The van der Waals surface area contributed by atoms with Crippen LogP contribution in [-0.2, 0) is 0 Å². The molecule has 0 nitrogen and oxygen atoms in total. The first kappa shape index (κ1) is 18.6. The molecule has 0 spiro atoms. The van der Waals surface area contributed by atoms with Crippen LogP contribution in [-0.4, -0.2) is 0 Å². The molecule has 8 bridgehead atoms. The van der Waals surface area contributed by atoms with Gasteiger partial charge >= 0.3 is 0 Å². The normalized spacial score (nSPS) is 58.8. The van der Waals surface area contributed by atoms with E-state index in [0.29, 0.717) is 5.92 Å². The summed E-state index contributed by atoms with van der Waals surface area (Å²) in [6.07, 6.45) is 44.0. The van der Waals surface area contributed by atoms with Gasteiger partial charge < -0.3 is 0 Å². The molecular weight excluding hydrogens is 360 g/mol. The van der Waals surface area contributed by atoms with Crippen LogP contribution >= 0.6 is 0 Å². The van der Waals surface area contributed by atoms with Crippen LogP contribution in [0, 0.1) is 106 Å². The summed E-state index contributed by atoms with van der Waals surface area (Å²) in [7, 11) is 0. The van der Waals surface area contributed by atoms with E-state index in [1.54, 1.807) is 0 Å². The Hall–Kier alpha value is -2.20. The van der Waals surface area contributed by atoms with Gasteiger partial charge in [0.15, 0.2) is 0 Å². The zero-order valence-corrected chi connectivity index (χ0v) is 17.9. The number of terminal acetylenes is 5. The molecule has 2 unspecified atom stereocenters. The molecule has 0 N–H and O–H groups in total. The molecule has 0 saturated heterocycles. The first-order valence-electron chi connectivity index (χ1n) is 11.6. The van der Waals surface area contributed by atoms with Gasteiger partial charge in [0.2, 0.25) is 0 Å². The summed E-state index contributed by atoms with van der Waals surface area (Å²) in [5.41, 5.74) is -0.373. The molecule has 0 heteroatoms. The topological polar surface area (TPSA) is 0 Å². The van der Waals surface area contributed by atoms with Crippen LogP contribution in [0.3, 0.4) is 0 Å². The minimum atomic E-state index is -0.163. The molecule has 0 radical (unpaired) electrons. The lowest BCUT2D eigenvalue weighted by atomic mass is 9.26. The van der Waals surface area contributed by atoms with Gasteiger partial charge in [0.1, 0.15) is 0 Å². The lowest BCUT2D eigenvalue weighted by Crippen LogP contribution is -2.69. The van der Waals surface area contributed by atoms with Crippen LogP contribution in [0.25, 0.3) is 0 Å². The lowest BCUT2D eigenvalue weighted by molar-refractivity contribution is -0.251. The van der Waals surface area contributed by atoms with Crippen molar-refractivity contribution in [2.24, 2.45) is 43.8 Å². The molecule has 8 aliphatic rings. The standard InChI is InChI=1S/C30H30/c1-6-24-11-23-12-25(7-2,14-24)19-29(13-23,18-24)30-20-26(8-3)15-27(9-4,21-30)17-28(10-5,16-26)22-30/h1-5,23H,11-22H2. The first-order chi connectivity index (χ1) is 14.2. The highest BCUT2D eigenvalue weighted by atomic mass is 14.8. The Morgan fingerprint density at radius 1 is 0.400 bits per heavy atom. The van der Waals surface area contributed by atoms with Gasteiger partial charge in [-0.3, -0.25) is 0 Å². The average molecular weight is 391 g/mol. The van der Waals surface area contributed by atoms with Crippen LogP contribution < -0.4 is 0 Å². The molecule has 150 valence electrons. The second-order valence-electron chi connectivity index (χ2n) is 12.8. The van der Waals surface area contributed by atoms with E-state index in [1.165, 1.54) is 6.42 Å². The van der Waals surface area contributed by atoms with Gasteiger partial charge in [0, 0.05) is 27.1 Å². The molecule has 8 fully saturated rings. The molecule has 0 amide bonds. The van der Waals surface area contributed by atoms with E-state index < -0.39 is 0 Å². The minimum Gasteiger partial charge on any atom is -0.120 e. The molecule has 8 saturated carbocycles. The molecule has 8 rings (SSSR count). The van der Waals surface area contributed by atoms with Crippen LogP contribution in [0.5, 0.6) is 0 Å². The van der Waals surface area contributed by atoms with E-state index in [4.69, 9.17) is 32.1 Å². The van der Waals surface area contributed by atoms with Gasteiger partial charge in [-0.1, -0.05) is 29.6 Å². The van der Waals surface area contributed by atoms with E-state index in [1.807, 2.05) is 0 Å². The Morgan fingerprint density at radius 3 is 1.10 bits per heavy atom. The fourth-order valence-electron chi connectivity index (χ4n) is 11.0. The second kappa shape index (κ2) is 4.99. The third-order valence-electron chi connectivity index (χ3n) is 10.8. The number of rotatable bonds is 1. The third kappa shape index (κ3) is 1.92. The van der Waals surface area contributed by atoms with E-state index in [-0.39, 0.29) is 37.9 Å². The zero-order chi connectivity index (χ0) is 21.1. The highest BCUT2D eigenvalue weighted by Gasteiger charge is 2.76. The predicted octanol–water partition coefficient (Wildman–Crippen LogP) is 5.44. The van der Waals surface area contributed by atoms with E-state index in [2.05, 4.69) is 29.6 Å². The number of hydrogen-bond donors (Lipinski definition) is 0. The maximum absolute atomic E-state index is 6.26. The highest BCUT2D eigenvalue weighted by molar-refractivity contribution is 5.38. The van der Waals surface area contributed by atoms with E-state index >= 15 is 0 Å². The Balaban J connectivity index is 1.57. The molecular formula is C30H30. The molecule has 0 aromatic carbocycles. The van der Waals surface area contributed by atoms with E-state index in [9.17, 15) is 0 Å². The summed E-state index contributed by atoms with van der Waals surface area (Å²) in [5, 5.41) is 0. The molecule has 0 aromatic rings. The Bertz CT molecular complexity index is 951. The zero-order valence-electron chi connectivity index (χ0n) is 17.9. The Labute approximate surface area is 182 Å². The summed E-state index contributed by atoms with van der Waals surface area (Å²) in [6, 6.07) is 0. The van der Waals surface area contributed by atoms with E-state index in [0.717, 1.165) is 70.6 Å². The maximum Gasteiger partial charge on any atom is 0.0346 e. The number of hydrogen-bond acceptors (Lipinski definition) is 0. The summed E-state index contributed by atoms with van der Waals surface area (Å²) in [6.45, 7) is 0. The van der Waals surface area contributed by atoms with Crippen LogP contribution in [0.1, 0.15) is 77.0 Å². The highest BCUT2D eigenvalue weighted by Crippen LogP contribution is 2.83. The summed E-state index contributed by atoms with van der Waals surface area (Å²) < 4.78 is 0. The van der Waals surface area contributed by atoms with Gasteiger partial charge in [0.25, 0.3) is 0 Å². The van der Waals surface area contributed by atoms with Crippen LogP contribution in [0.15, 0.2) is 0 Å². The summed E-state index contributed by atoms with van der Waals surface area (Å²) >= 11 is 0. The quantitative estimate of drug-likeness (QED) is 0.523. The minimum absolute atomic E-state index is 0.0506. The Kier molecular flexibility index (Phi) is 3.09. The van der Waals surface area contributed by atoms with Crippen molar-refractivity contribution in [2.75, 3.05) is 0 Å². The second-order valence-corrected chi connectivity index (χ2v) is 12.8. The predicted molar refractivity (Wildman–Crippen MR) is 120 cm³/mol. The smallest absolute Gasteiger partial charge is 0.0346 e. The van der Waals surface area contributed by atoms with Crippen molar-refractivity contribution in [3.05, 3.63) is 0 Å². The molecule has 0 aliphatic heterocycles. The molecule has 0 heterocycles. The van der Waals surface area contributed by atoms with Crippen molar-refractivity contribution in [2.45, 2.75) is 77.0 Å². The van der Waals surface area contributed by atoms with Gasteiger partial charge in [0.05, 0.1) is 0 Å². The maximum atomic E-state index is 6.26. The largest absolute Gasteiger partial charge is 0.120 e. The molecule has 8 aliphatic carbocycles. The van der Waals surface area contributed by atoms with Gasteiger partial charge in [-0.05, 0) is 93.8 Å². The molecule has 30 heavy (non-hydrogen) atoms. The fourth-order valence-corrected chi connectivity index (χ4v) is 11.0. The first-order valence-corrected chi connectivity index (χ1v) is 11.6. The van der Waals surface area contributed by atoms with Gasteiger partial charge in [-0.2, -0.15) is 0 Å². The van der Waals surface area contributed by atoms with Gasteiger partial charge in [-0.15, -0.1) is 32.1 Å². The monoisotopic (exact) mass is 390 g/mol. The third-order valence-corrected chi connectivity index (χ3v) is 10.8. The van der Waals surface area contributed by atoms with Crippen LogP contribution in [0.2, 0.25) is 0 Å². The van der Waals surface area contributed by atoms with Gasteiger partial charge in [-0.25, -0.2) is 0 Å². The Morgan fingerprint density at radius 2 is 0.733 bits per heavy atom. The van der Waals surface area contributed by atoms with Crippen molar-refractivity contribution < 1.29 is 0 Å².